The Morgan fingerprint density at radius 3 is 2.44 bits per heavy atom. The Bertz CT molecular complexity index is 540. The van der Waals surface area contributed by atoms with Crippen molar-refractivity contribution in [2.24, 2.45) is 0 Å². The molecule has 94 valence electrons. The first-order valence-corrected chi connectivity index (χ1v) is 7.08. The summed E-state index contributed by atoms with van der Waals surface area (Å²) in [5.41, 5.74) is 0.614. The largest absolute Gasteiger partial charge is 0.389 e. The lowest BCUT2D eigenvalue weighted by Gasteiger charge is -2.11. The molecule has 0 saturated carbocycles. The molecule has 0 radical (unpaired) electrons. The van der Waals surface area contributed by atoms with Crippen LogP contribution >= 0.6 is 27.7 Å². The smallest absolute Gasteiger partial charge is 0.123 e. The summed E-state index contributed by atoms with van der Waals surface area (Å²) in [4.78, 5) is 1.92. The van der Waals surface area contributed by atoms with Crippen LogP contribution in [0.2, 0.25) is 0 Å². The molecule has 2 aromatic carbocycles. The van der Waals surface area contributed by atoms with Crippen LogP contribution in [0.4, 0.5) is 4.39 Å². The monoisotopic (exact) mass is 326 g/mol. The van der Waals surface area contributed by atoms with E-state index in [-0.39, 0.29) is 5.82 Å². The lowest BCUT2D eigenvalue weighted by atomic mass is 10.1. The van der Waals surface area contributed by atoms with Gasteiger partial charge in [0.2, 0.25) is 0 Å². The highest BCUT2D eigenvalue weighted by atomic mass is 79.9. The highest BCUT2D eigenvalue weighted by Crippen LogP contribution is 2.34. The molecule has 0 heterocycles. The molecule has 1 unspecified atom stereocenters. The summed E-state index contributed by atoms with van der Waals surface area (Å²) >= 11 is 4.89. The van der Waals surface area contributed by atoms with Gasteiger partial charge in [-0.25, -0.2) is 4.39 Å². The van der Waals surface area contributed by atoms with Crippen molar-refractivity contribution in [2.45, 2.75) is 22.8 Å². The molecule has 0 saturated heterocycles. The lowest BCUT2D eigenvalue weighted by molar-refractivity contribution is 0.196. The Balaban J connectivity index is 2.31. The van der Waals surface area contributed by atoms with Gasteiger partial charge < -0.3 is 5.11 Å². The molecule has 0 spiro atoms. The highest BCUT2D eigenvalue weighted by Gasteiger charge is 2.10. The molecule has 18 heavy (non-hydrogen) atoms. The Morgan fingerprint density at radius 2 is 1.83 bits per heavy atom. The Morgan fingerprint density at radius 1 is 1.17 bits per heavy atom. The topological polar surface area (TPSA) is 20.2 Å². The molecule has 4 heteroatoms. The van der Waals surface area contributed by atoms with Crippen LogP contribution in [0, 0.1) is 5.82 Å². The molecule has 0 bridgehead atoms. The van der Waals surface area contributed by atoms with E-state index in [0.29, 0.717) is 5.56 Å². The van der Waals surface area contributed by atoms with E-state index < -0.39 is 6.10 Å². The van der Waals surface area contributed by atoms with Crippen molar-refractivity contribution in [3.63, 3.8) is 0 Å². The summed E-state index contributed by atoms with van der Waals surface area (Å²) in [6.45, 7) is 1.64. The van der Waals surface area contributed by atoms with Crippen LogP contribution in [0.3, 0.4) is 0 Å². The summed E-state index contributed by atoms with van der Waals surface area (Å²) in [6.07, 6.45) is -0.682. The molecule has 0 aliphatic rings. The summed E-state index contributed by atoms with van der Waals surface area (Å²) < 4.78 is 14.2. The molecule has 0 aromatic heterocycles. The van der Waals surface area contributed by atoms with Crippen molar-refractivity contribution in [1.29, 1.82) is 0 Å². The zero-order valence-electron chi connectivity index (χ0n) is 9.73. The van der Waals surface area contributed by atoms with E-state index in [4.69, 9.17) is 0 Å². The first-order chi connectivity index (χ1) is 8.56. The molecule has 1 nitrogen and oxygen atoms in total. The van der Waals surface area contributed by atoms with E-state index in [9.17, 15) is 9.50 Å². The van der Waals surface area contributed by atoms with E-state index in [0.717, 1.165) is 14.3 Å². The fourth-order valence-corrected chi connectivity index (χ4v) is 2.84. The zero-order chi connectivity index (χ0) is 13.1. The number of rotatable bonds is 3. The minimum Gasteiger partial charge on any atom is -0.389 e. The quantitative estimate of drug-likeness (QED) is 0.874. The standard InChI is InChI=1S/C14H12BrFOS/c1-9(17)13-8-11(16)4-7-14(13)18-12-5-2-10(15)3-6-12/h2-9,17H,1H3. The average Bonchev–Trinajstić information content (AvgIpc) is 2.34. The minimum absolute atomic E-state index is 0.328. The van der Waals surface area contributed by atoms with E-state index >= 15 is 0 Å². The fraction of sp³-hybridized carbons (Fsp3) is 0.143. The van der Waals surface area contributed by atoms with Crippen LogP contribution in [0.15, 0.2) is 56.7 Å². The van der Waals surface area contributed by atoms with Gasteiger partial charge in [-0.1, -0.05) is 27.7 Å². The Labute approximate surface area is 118 Å². The molecule has 0 aliphatic heterocycles. The van der Waals surface area contributed by atoms with E-state index in [1.807, 2.05) is 24.3 Å². The molecule has 0 aliphatic carbocycles. The number of aliphatic hydroxyl groups excluding tert-OH is 1. The molecular weight excluding hydrogens is 315 g/mol. The SMILES string of the molecule is CC(O)c1cc(F)ccc1Sc1ccc(Br)cc1. The predicted molar refractivity (Wildman–Crippen MR) is 75.3 cm³/mol. The third-order valence-corrected chi connectivity index (χ3v) is 4.09. The maximum absolute atomic E-state index is 13.2. The van der Waals surface area contributed by atoms with Crippen molar-refractivity contribution in [3.8, 4) is 0 Å². The first kappa shape index (κ1) is 13.6. The van der Waals surface area contributed by atoms with Crippen LogP contribution in [-0.4, -0.2) is 5.11 Å². The van der Waals surface area contributed by atoms with Gasteiger partial charge in [0, 0.05) is 14.3 Å². The third-order valence-electron chi connectivity index (χ3n) is 2.46. The predicted octanol–water partition coefficient (Wildman–Crippen LogP) is 4.79. The van der Waals surface area contributed by atoms with Gasteiger partial charge in [0.25, 0.3) is 0 Å². The van der Waals surface area contributed by atoms with Gasteiger partial charge in [0.1, 0.15) is 5.82 Å². The Hall–Kier alpha value is -0.840. The van der Waals surface area contributed by atoms with Crippen LogP contribution in [-0.2, 0) is 0 Å². The van der Waals surface area contributed by atoms with Gasteiger partial charge in [-0.05, 0) is 55.0 Å². The van der Waals surface area contributed by atoms with Gasteiger partial charge in [0.15, 0.2) is 0 Å². The van der Waals surface area contributed by atoms with Crippen molar-refractivity contribution in [3.05, 3.63) is 58.3 Å². The summed E-state index contributed by atoms with van der Waals surface area (Å²) in [5, 5.41) is 9.66. The summed E-state index contributed by atoms with van der Waals surface area (Å²) in [6, 6.07) is 12.3. The molecule has 2 rings (SSSR count). The number of hydrogen-bond donors (Lipinski definition) is 1. The normalized spacial score (nSPS) is 12.4. The Kier molecular flexibility index (Phi) is 4.43. The van der Waals surface area contributed by atoms with Crippen LogP contribution in [0.25, 0.3) is 0 Å². The van der Waals surface area contributed by atoms with Gasteiger partial charge in [-0.3, -0.25) is 0 Å². The molecule has 1 N–H and O–H groups in total. The summed E-state index contributed by atoms with van der Waals surface area (Å²) in [7, 11) is 0. The van der Waals surface area contributed by atoms with Gasteiger partial charge in [0.05, 0.1) is 6.10 Å². The first-order valence-electron chi connectivity index (χ1n) is 5.47. The van der Waals surface area contributed by atoms with E-state index in [1.54, 1.807) is 13.0 Å². The van der Waals surface area contributed by atoms with E-state index in [1.165, 1.54) is 23.9 Å². The number of aliphatic hydroxyl groups is 1. The van der Waals surface area contributed by atoms with Crippen molar-refractivity contribution in [1.82, 2.24) is 0 Å². The maximum Gasteiger partial charge on any atom is 0.123 e. The van der Waals surface area contributed by atoms with Crippen molar-refractivity contribution in [2.75, 3.05) is 0 Å². The molecule has 0 amide bonds. The van der Waals surface area contributed by atoms with Gasteiger partial charge >= 0.3 is 0 Å². The fourth-order valence-electron chi connectivity index (χ4n) is 1.57. The van der Waals surface area contributed by atoms with Crippen LogP contribution in [0.5, 0.6) is 0 Å². The second-order valence-electron chi connectivity index (χ2n) is 3.91. The van der Waals surface area contributed by atoms with Crippen LogP contribution < -0.4 is 0 Å². The van der Waals surface area contributed by atoms with E-state index in [2.05, 4.69) is 15.9 Å². The van der Waals surface area contributed by atoms with Gasteiger partial charge in [-0.15, -0.1) is 0 Å². The maximum atomic E-state index is 13.2. The lowest BCUT2D eigenvalue weighted by Crippen LogP contribution is -1.95. The average molecular weight is 327 g/mol. The van der Waals surface area contributed by atoms with Gasteiger partial charge in [-0.2, -0.15) is 0 Å². The zero-order valence-corrected chi connectivity index (χ0v) is 12.1. The molecule has 2 aromatic rings. The molecule has 0 fully saturated rings. The van der Waals surface area contributed by atoms with Crippen LogP contribution in [0.1, 0.15) is 18.6 Å². The molecule has 1 atom stereocenters. The second-order valence-corrected chi connectivity index (χ2v) is 5.95. The second kappa shape index (κ2) is 5.87. The molecular formula is C14H12BrFOS. The summed E-state index contributed by atoms with van der Waals surface area (Å²) in [5.74, 6) is -0.328. The van der Waals surface area contributed by atoms with Crippen molar-refractivity contribution < 1.29 is 9.50 Å². The van der Waals surface area contributed by atoms with Crippen molar-refractivity contribution >= 4 is 27.7 Å². The number of halogens is 2. The highest BCUT2D eigenvalue weighted by molar-refractivity contribution is 9.10. The number of benzene rings is 2. The third kappa shape index (κ3) is 3.34. The minimum atomic E-state index is -0.682. The number of hydrogen-bond acceptors (Lipinski definition) is 2.